The smallest absolute Gasteiger partial charge is 0.318 e. The molecule has 2 aromatic rings. The second-order valence-electron chi connectivity index (χ2n) is 5.52. The predicted octanol–water partition coefficient (Wildman–Crippen LogP) is 1.66. The van der Waals surface area contributed by atoms with E-state index in [4.69, 9.17) is 5.14 Å². The van der Waals surface area contributed by atoms with Crippen LogP contribution in [-0.4, -0.2) is 27.4 Å². The van der Waals surface area contributed by atoms with E-state index < -0.39 is 10.0 Å². The Labute approximate surface area is 151 Å². The molecule has 0 spiro atoms. The first-order valence-electron chi connectivity index (χ1n) is 7.78. The monoisotopic (exact) mass is 376 g/mol. The van der Waals surface area contributed by atoms with Gasteiger partial charge in [-0.15, -0.1) is 0 Å². The lowest BCUT2D eigenvalue weighted by Crippen LogP contribution is -2.24. The number of nitrogens with one attached hydrogen (secondary N) is 3. The maximum atomic E-state index is 12.0. The molecule has 2 rings (SSSR count). The summed E-state index contributed by atoms with van der Waals surface area (Å²) in [5.74, 6) is -0.174. The number of aryl methyl sites for hydroxylation is 1. The van der Waals surface area contributed by atoms with E-state index >= 15 is 0 Å². The van der Waals surface area contributed by atoms with Crippen LogP contribution in [0.1, 0.15) is 12.0 Å². The Morgan fingerprint density at radius 3 is 1.96 bits per heavy atom. The summed E-state index contributed by atoms with van der Waals surface area (Å²) >= 11 is 0. The molecule has 8 nitrogen and oxygen atoms in total. The van der Waals surface area contributed by atoms with Gasteiger partial charge in [0.15, 0.2) is 0 Å². The van der Waals surface area contributed by atoms with E-state index in [0.717, 1.165) is 5.56 Å². The highest BCUT2D eigenvalue weighted by atomic mass is 32.2. The average molecular weight is 376 g/mol. The Kier molecular flexibility index (Phi) is 6.31. The minimum absolute atomic E-state index is 0.0381. The van der Waals surface area contributed by atoms with E-state index in [0.29, 0.717) is 17.8 Å². The standard InChI is InChI=1S/C17H20N4O4S/c1-19-17(23)21-14-7-5-13(6-8-14)20-16(22)11-4-12-2-9-15(10-3-12)26(18,24)25/h2-3,5-10H,4,11H2,1H3,(H,20,22)(H2,18,24,25)(H2,19,21,23). The van der Waals surface area contributed by atoms with Gasteiger partial charge in [-0.25, -0.2) is 18.4 Å². The number of hydrogen-bond acceptors (Lipinski definition) is 4. The van der Waals surface area contributed by atoms with E-state index in [1.165, 1.54) is 19.2 Å². The van der Waals surface area contributed by atoms with Crippen molar-refractivity contribution < 1.29 is 18.0 Å². The number of hydrogen-bond donors (Lipinski definition) is 4. The van der Waals surface area contributed by atoms with E-state index in [9.17, 15) is 18.0 Å². The Morgan fingerprint density at radius 2 is 1.46 bits per heavy atom. The molecule has 26 heavy (non-hydrogen) atoms. The van der Waals surface area contributed by atoms with Crippen LogP contribution >= 0.6 is 0 Å². The molecule has 0 radical (unpaired) electrons. The molecule has 0 heterocycles. The van der Waals surface area contributed by atoms with Gasteiger partial charge >= 0.3 is 6.03 Å². The number of nitrogens with two attached hydrogens (primary N) is 1. The van der Waals surface area contributed by atoms with E-state index in [2.05, 4.69) is 16.0 Å². The van der Waals surface area contributed by atoms with E-state index in [1.807, 2.05) is 0 Å². The number of amides is 3. The fourth-order valence-electron chi connectivity index (χ4n) is 2.16. The molecule has 0 aromatic heterocycles. The lowest BCUT2D eigenvalue weighted by Gasteiger charge is -2.08. The average Bonchev–Trinajstić information content (AvgIpc) is 2.61. The zero-order valence-corrected chi connectivity index (χ0v) is 15.0. The molecule has 0 saturated heterocycles. The van der Waals surface area contributed by atoms with Gasteiger partial charge in [0.1, 0.15) is 0 Å². The maximum Gasteiger partial charge on any atom is 0.318 e. The number of benzene rings is 2. The minimum Gasteiger partial charge on any atom is -0.341 e. The molecule has 0 aliphatic heterocycles. The van der Waals surface area contributed by atoms with E-state index in [-0.39, 0.29) is 23.3 Å². The number of urea groups is 1. The Bertz CT molecular complexity index is 878. The van der Waals surface area contributed by atoms with Crippen molar-refractivity contribution in [2.75, 3.05) is 17.7 Å². The van der Waals surface area contributed by atoms with E-state index in [1.54, 1.807) is 36.4 Å². The summed E-state index contributed by atoms with van der Waals surface area (Å²) in [5.41, 5.74) is 2.05. The minimum atomic E-state index is -3.71. The highest BCUT2D eigenvalue weighted by Crippen LogP contribution is 2.15. The molecule has 5 N–H and O–H groups in total. The van der Waals surface area contributed by atoms with Crippen LogP contribution < -0.4 is 21.1 Å². The molecular formula is C17H20N4O4S. The van der Waals surface area contributed by atoms with Crippen molar-refractivity contribution in [1.29, 1.82) is 0 Å². The van der Waals surface area contributed by atoms with Gasteiger partial charge < -0.3 is 16.0 Å². The molecule has 0 aliphatic rings. The number of carbonyl (C=O) groups is 2. The Hall–Kier alpha value is -2.91. The van der Waals surface area contributed by atoms with Crippen molar-refractivity contribution in [1.82, 2.24) is 5.32 Å². The van der Waals surface area contributed by atoms with Crippen LogP contribution in [0, 0.1) is 0 Å². The van der Waals surface area contributed by atoms with Crippen LogP contribution in [0.5, 0.6) is 0 Å². The van der Waals surface area contributed by atoms with Gasteiger partial charge in [-0.05, 0) is 48.4 Å². The van der Waals surface area contributed by atoms with Crippen molar-refractivity contribution in [3.8, 4) is 0 Å². The number of primary sulfonamides is 1. The van der Waals surface area contributed by atoms with Crippen LogP contribution in [0.3, 0.4) is 0 Å². The van der Waals surface area contributed by atoms with Gasteiger partial charge in [-0.2, -0.15) is 0 Å². The Morgan fingerprint density at radius 1 is 0.923 bits per heavy atom. The summed E-state index contributed by atoms with van der Waals surface area (Å²) in [6, 6.07) is 12.5. The first-order valence-corrected chi connectivity index (χ1v) is 9.33. The third-order valence-corrected chi connectivity index (χ3v) is 4.48. The van der Waals surface area contributed by atoms with Gasteiger partial charge in [0, 0.05) is 24.8 Å². The molecule has 0 atom stereocenters. The van der Waals surface area contributed by atoms with Gasteiger partial charge in [0.2, 0.25) is 15.9 Å². The summed E-state index contributed by atoms with van der Waals surface area (Å²) < 4.78 is 22.4. The first-order chi connectivity index (χ1) is 12.3. The van der Waals surface area contributed by atoms with Crippen molar-refractivity contribution in [3.05, 3.63) is 54.1 Å². The largest absolute Gasteiger partial charge is 0.341 e. The third-order valence-electron chi connectivity index (χ3n) is 3.55. The topological polar surface area (TPSA) is 130 Å². The number of anilines is 2. The molecule has 0 fully saturated rings. The van der Waals surface area contributed by atoms with Crippen LogP contribution in [0.15, 0.2) is 53.4 Å². The highest BCUT2D eigenvalue weighted by molar-refractivity contribution is 7.89. The number of carbonyl (C=O) groups excluding carboxylic acids is 2. The number of rotatable bonds is 6. The quantitative estimate of drug-likeness (QED) is 0.610. The predicted molar refractivity (Wildman–Crippen MR) is 99.3 cm³/mol. The first kappa shape index (κ1) is 19.4. The molecule has 0 unspecified atom stereocenters. The van der Waals surface area contributed by atoms with Crippen LogP contribution in [-0.2, 0) is 21.2 Å². The number of sulfonamides is 1. The summed E-state index contributed by atoms with van der Waals surface area (Å²) in [6.45, 7) is 0. The molecule has 0 bridgehead atoms. The van der Waals surface area contributed by atoms with Crippen molar-refractivity contribution in [2.24, 2.45) is 5.14 Å². The maximum absolute atomic E-state index is 12.0. The highest BCUT2D eigenvalue weighted by Gasteiger charge is 2.08. The summed E-state index contributed by atoms with van der Waals surface area (Å²) in [7, 11) is -2.19. The summed E-state index contributed by atoms with van der Waals surface area (Å²) in [6.07, 6.45) is 0.708. The molecule has 2 aromatic carbocycles. The molecular weight excluding hydrogens is 356 g/mol. The molecule has 0 aliphatic carbocycles. The summed E-state index contributed by atoms with van der Waals surface area (Å²) in [4.78, 5) is 23.3. The third kappa shape index (κ3) is 5.87. The van der Waals surface area contributed by atoms with Gasteiger partial charge in [0.05, 0.1) is 4.90 Å². The normalized spacial score (nSPS) is 10.8. The molecule has 9 heteroatoms. The zero-order chi connectivity index (χ0) is 19.2. The van der Waals surface area contributed by atoms with Crippen molar-refractivity contribution in [2.45, 2.75) is 17.7 Å². The van der Waals surface area contributed by atoms with Gasteiger partial charge in [-0.1, -0.05) is 12.1 Å². The van der Waals surface area contributed by atoms with Gasteiger partial charge in [0.25, 0.3) is 0 Å². The summed E-state index contributed by atoms with van der Waals surface area (Å²) in [5, 5.41) is 12.9. The second-order valence-corrected chi connectivity index (χ2v) is 7.08. The molecule has 138 valence electrons. The van der Waals surface area contributed by atoms with Crippen molar-refractivity contribution in [3.63, 3.8) is 0 Å². The van der Waals surface area contributed by atoms with Crippen LogP contribution in [0.25, 0.3) is 0 Å². The molecule has 3 amide bonds. The molecule has 0 saturated carbocycles. The lowest BCUT2D eigenvalue weighted by molar-refractivity contribution is -0.116. The fraction of sp³-hybridized carbons (Fsp3) is 0.176. The second kappa shape index (κ2) is 8.45. The Balaban J connectivity index is 1.86. The SMILES string of the molecule is CNC(=O)Nc1ccc(NC(=O)CCc2ccc(S(N)(=O)=O)cc2)cc1. The van der Waals surface area contributed by atoms with Gasteiger partial charge in [-0.3, -0.25) is 4.79 Å². The lowest BCUT2D eigenvalue weighted by atomic mass is 10.1. The van der Waals surface area contributed by atoms with Crippen molar-refractivity contribution >= 4 is 33.3 Å². The zero-order valence-electron chi connectivity index (χ0n) is 14.2. The van der Waals surface area contributed by atoms with Crippen LogP contribution in [0.2, 0.25) is 0 Å². The fourth-order valence-corrected chi connectivity index (χ4v) is 2.67. The van der Waals surface area contributed by atoms with Crippen LogP contribution in [0.4, 0.5) is 16.2 Å².